The molecule has 0 aliphatic rings. The second-order valence-corrected chi connectivity index (χ2v) is 3.41. The van der Waals surface area contributed by atoms with Crippen LogP contribution in [0.25, 0.3) is 0 Å². The largest absolute Gasteiger partial charge is 0.468 e. The first-order chi connectivity index (χ1) is 6.07. The van der Waals surface area contributed by atoms with Crippen LogP contribution < -0.4 is 11.1 Å². The number of rotatable bonds is 5. The Kier molecular flexibility index (Phi) is 10.4. The van der Waals surface area contributed by atoms with Crippen LogP contribution in [0.2, 0.25) is 0 Å². The zero-order valence-corrected chi connectivity index (χ0v) is 9.74. The van der Waals surface area contributed by atoms with Gasteiger partial charge in [0.2, 0.25) is 5.91 Å². The lowest BCUT2D eigenvalue weighted by molar-refractivity contribution is -0.141. The number of carbonyl (C=O) groups is 2. The van der Waals surface area contributed by atoms with Crippen molar-refractivity contribution in [1.29, 1.82) is 0 Å². The van der Waals surface area contributed by atoms with Crippen molar-refractivity contribution in [3.05, 3.63) is 0 Å². The van der Waals surface area contributed by atoms with Crippen molar-refractivity contribution in [2.24, 2.45) is 5.73 Å². The van der Waals surface area contributed by atoms with Crippen LogP contribution in [0.15, 0.2) is 0 Å². The van der Waals surface area contributed by atoms with Gasteiger partial charge in [-0.05, 0) is 0 Å². The predicted molar refractivity (Wildman–Crippen MR) is 58.4 cm³/mol. The Bertz CT molecular complexity index is 192. The van der Waals surface area contributed by atoms with Gasteiger partial charge in [-0.25, -0.2) is 0 Å². The van der Waals surface area contributed by atoms with E-state index in [1.807, 2.05) is 0 Å². The van der Waals surface area contributed by atoms with E-state index in [9.17, 15) is 9.59 Å². The molecule has 0 bridgehead atoms. The van der Waals surface area contributed by atoms with E-state index in [-0.39, 0.29) is 18.3 Å². The third-order valence-electron chi connectivity index (χ3n) is 1.22. The average Bonchev–Trinajstić information content (AvgIpc) is 2.10. The first-order valence-electron chi connectivity index (χ1n) is 3.73. The Balaban J connectivity index is 0. The normalized spacial score (nSPS) is 11.1. The number of carbonyl (C=O) groups excluding carboxylic acids is 2. The summed E-state index contributed by atoms with van der Waals surface area (Å²) >= 11 is 1.38. The molecule has 0 saturated carbocycles. The maximum Gasteiger partial charge on any atom is 0.323 e. The maximum atomic E-state index is 10.8. The van der Waals surface area contributed by atoms with E-state index in [1.165, 1.54) is 25.8 Å². The van der Waals surface area contributed by atoms with Gasteiger partial charge in [-0.15, -0.1) is 24.2 Å². The van der Waals surface area contributed by atoms with Crippen molar-refractivity contribution in [3.8, 4) is 0 Å². The molecule has 0 unspecified atom stereocenters. The lowest BCUT2D eigenvalue weighted by Gasteiger charge is -2.08. The number of nitrogens with two attached hydrogens (primary N) is 1. The number of thioether (sulfide) groups is 1. The van der Waals surface area contributed by atoms with E-state index in [4.69, 9.17) is 5.73 Å². The molecule has 0 saturated heterocycles. The highest BCUT2D eigenvalue weighted by molar-refractivity contribution is 7.99. The molecule has 0 heterocycles. The Morgan fingerprint density at radius 2 is 2.14 bits per heavy atom. The van der Waals surface area contributed by atoms with Gasteiger partial charge in [0.05, 0.1) is 13.0 Å². The minimum Gasteiger partial charge on any atom is -0.468 e. The van der Waals surface area contributed by atoms with Gasteiger partial charge in [0, 0.05) is 12.7 Å². The fraction of sp³-hybridized carbons (Fsp3) is 0.714. The molecule has 0 aromatic rings. The summed E-state index contributed by atoms with van der Waals surface area (Å²) in [6, 6.07) is -0.622. The summed E-state index contributed by atoms with van der Waals surface area (Å²) in [5, 5.41) is 2.57. The fourth-order valence-corrected chi connectivity index (χ4v) is 1.37. The van der Waals surface area contributed by atoms with Crippen molar-refractivity contribution in [2.75, 3.05) is 18.7 Å². The van der Waals surface area contributed by atoms with Gasteiger partial charge >= 0.3 is 5.97 Å². The molecule has 1 atom stereocenters. The van der Waals surface area contributed by atoms with Crippen LogP contribution in [0, 0.1) is 0 Å². The number of hydrogen-bond acceptors (Lipinski definition) is 5. The third-order valence-corrected chi connectivity index (χ3v) is 2.17. The molecular weight excluding hydrogens is 228 g/mol. The number of methoxy groups -OCH3 is 1. The van der Waals surface area contributed by atoms with Crippen LogP contribution in [-0.4, -0.2) is 36.7 Å². The van der Waals surface area contributed by atoms with Crippen molar-refractivity contribution >= 4 is 36.0 Å². The number of esters is 1. The first-order valence-corrected chi connectivity index (χ1v) is 4.89. The molecule has 1 amide bonds. The molecule has 0 aromatic heterocycles. The number of amides is 1. The van der Waals surface area contributed by atoms with Gasteiger partial charge in [0.25, 0.3) is 0 Å². The minimum absolute atomic E-state index is 0. The van der Waals surface area contributed by atoms with E-state index >= 15 is 0 Å². The Labute approximate surface area is 93.5 Å². The Hall–Kier alpha value is -0.460. The molecule has 14 heavy (non-hydrogen) atoms. The zero-order valence-electron chi connectivity index (χ0n) is 8.11. The van der Waals surface area contributed by atoms with E-state index in [0.717, 1.165) is 0 Å². The maximum absolute atomic E-state index is 10.8. The summed E-state index contributed by atoms with van der Waals surface area (Å²) in [6.07, 6.45) is 0. The molecule has 5 nitrogen and oxygen atoms in total. The van der Waals surface area contributed by atoms with Crippen molar-refractivity contribution in [2.45, 2.75) is 13.0 Å². The van der Waals surface area contributed by atoms with Gasteiger partial charge in [-0.1, -0.05) is 0 Å². The molecule has 0 aromatic carbocycles. The molecule has 0 spiro atoms. The second-order valence-electron chi connectivity index (χ2n) is 2.38. The fourth-order valence-electron chi connectivity index (χ4n) is 0.558. The van der Waals surface area contributed by atoms with Crippen LogP contribution in [0.5, 0.6) is 0 Å². The second kappa shape index (κ2) is 9.11. The van der Waals surface area contributed by atoms with Gasteiger partial charge in [-0.2, -0.15) is 0 Å². The first kappa shape index (κ1) is 16.0. The molecule has 7 heteroatoms. The highest BCUT2D eigenvalue weighted by atomic mass is 35.5. The average molecular weight is 243 g/mol. The van der Waals surface area contributed by atoms with E-state index in [1.54, 1.807) is 0 Å². The minimum atomic E-state index is -0.622. The summed E-state index contributed by atoms with van der Waals surface area (Å²) in [5.41, 5.74) is 5.44. The summed E-state index contributed by atoms with van der Waals surface area (Å²) in [4.78, 5) is 21.2. The molecule has 0 aliphatic carbocycles. The monoisotopic (exact) mass is 242 g/mol. The van der Waals surface area contributed by atoms with Crippen molar-refractivity contribution < 1.29 is 14.3 Å². The van der Waals surface area contributed by atoms with E-state index in [2.05, 4.69) is 10.1 Å². The van der Waals surface area contributed by atoms with Gasteiger partial charge in [-0.3, -0.25) is 9.59 Å². The SMILES string of the molecule is COC(=O)[C@H](N)CSCNC(C)=O.Cl. The van der Waals surface area contributed by atoms with Crippen LogP contribution in [0.4, 0.5) is 0 Å². The van der Waals surface area contributed by atoms with Crippen LogP contribution >= 0.6 is 24.2 Å². The number of ether oxygens (including phenoxy) is 1. The molecular formula is C7H15ClN2O3S. The molecule has 0 rings (SSSR count). The Morgan fingerprint density at radius 1 is 1.57 bits per heavy atom. The number of halogens is 1. The van der Waals surface area contributed by atoms with Gasteiger partial charge < -0.3 is 15.8 Å². The molecule has 0 radical (unpaired) electrons. The summed E-state index contributed by atoms with van der Waals surface area (Å²) < 4.78 is 4.43. The number of nitrogens with one attached hydrogen (secondary N) is 1. The van der Waals surface area contributed by atoms with Crippen molar-refractivity contribution in [3.63, 3.8) is 0 Å². The van der Waals surface area contributed by atoms with Crippen LogP contribution in [-0.2, 0) is 14.3 Å². The lowest BCUT2D eigenvalue weighted by Crippen LogP contribution is -2.34. The lowest BCUT2D eigenvalue weighted by atomic mass is 10.4. The highest BCUT2D eigenvalue weighted by Gasteiger charge is 2.12. The quantitative estimate of drug-likeness (QED) is 0.394. The number of hydrogen-bond donors (Lipinski definition) is 2. The summed E-state index contributed by atoms with van der Waals surface area (Å²) in [6.45, 7) is 1.43. The van der Waals surface area contributed by atoms with E-state index in [0.29, 0.717) is 11.6 Å². The Morgan fingerprint density at radius 3 is 2.57 bits per heavy atom. The van der Waals surface area contributed by atoms with Crippen molar-refractivity contribution in [1.82, 2.24) is 5.32 Å². The molecule has 3 N–H and O–H groups in total. The summed E-state index contributed by atoms with van der Waals surface area (Å²) in [7, 11) is 1.29. The van der Waals surface area contributed by atoms with Gasteiger partial charge in [0.1, 0.15) is 6.04 Å². The molecule has 84 valence electrons. The molecule has 0 fully saturated rings. The standard InChI is InChI=1S/C7H14N2O3S.ClH/c1-5(10)9-4-13-3-6(8)7(11)12-2;/h6H,3-4,8H2,1-2H3,(H,9,10);1H/t6-;/m1./s1. The molecule has 0 aliphatic heterocycles. The van der Waals surface area contributed by atoms with Gasteiger partial charge in [0.15, 0.2) is 0 Å². The topological polar surface area (TPSA) is 81.4 Å². The smallest absolute Gasteiger partial charge is 0.323 e. The van der Waals surface area contributed by atoms with Crippen LogP contribution in [0.3, 0.4) is 0 Å². The summed E-state index contributed by atoms with van der Waals surface area (Å²) in [5.74, 6) is 0.363. The van der Waals surface area contributed by atoms with Crippen LogP contribution in [0.1, 0.15) is 6.92 Å². The highest BCUT2D eigenvalue weighted by Crippen LogP contribution is 2.00. The third kappa shape index (κ3) is 8.15. The van der Waals surface area contributed by atoms with E-state index < -0.39 is 12.0 Å². The predicted octanol–water partition coefficient (Wildman–Crippen LogP) is -0.265. The zero-order chi connectivity index (χ0) is 10.3.